The number of carbonyl (C=O) groups is 13. The first-order valence-electron chi connectivity index (χ1n) is 26.9. The zero-order valence-electron chi connectivity index (χ0n) is 48.2. The van der Waals surface area contributed by atoms with Crippen LogP contribution in [0, 0.1) is 11.8 Å². The highest BCUT2D eigenvalue weighted by Gasteiger charge is 2.36. The summed E-state index contributed by atoms with van der Waals surface area (Å²) < 4.78 is 0. The van der Waals surface area contributed by atoms with Gasteiger partial charge in [0.15, 0.2) is 5.96 Å². The molecule has 11 amide bonds. The van der Waals surface area contributed by atoms with Crippen molar-refractivity contribution in [2.75, 3.05) is 6.54 Å². The lowest BCUT2D eigenvalue weighted by atomic mass is 10.0. The van der Waals surface area contributed by atoms with Crippen LogP contribution >= 0.6 is 0 Å². The summed E-state index contributed by atoms with van der Waals surface area (Å²) in [6, 6.07) is -7.81. The van der Waals surface area contributed by atoms with Crippen molar-refractivity contribution in [1.29, 1.82) is 0 Å². The van der Waals surface area contributed by atoms with Gasteiger partial charge in [0.25, 0.3) is 0 Å². The van der Waals surface area contributed by atoms with Gasteiger partial charge in [0.05, 0.1) is 18.6 Å². The molecule has 0 fully saturated rings. The number of amides is 11. The van der Waals surface area contributed by atoms with Crippen molar-refractivity contribution in [3.8, 4) is 0 Å². The highest BCUT2D eigenvalue weighted by molar-refractivity contribution is 6.00. The van der Waals surface area contributed by atoms with Crippen molar-refractivity contribution in [2.24, 2.45) is 39.8 Å². The van der Waals surface area contributed by atoms with Crippen LogP contribution in [-0.2, 0) is 68.7 Å². The molecule has 0 unspecified atom stereocenters. The number of carbonyl (C=O) groups excluding carboxylic acids is 11. The first-order chi connectivity index (χ1) is 38.6. The van der Waals surface area contributed by atoms with E-state index >= 15 is 0 Å². The molecule has 0 aliphatic heterocycles. The number of hydrogen-bond acceptors (Lipinski definition) is 16. The number of carboxylic acids is 2. The van der Waals surface area contributed by atoms with E-state index in [0.29, 0.717) is 12.0 Å². The molecule has 83 heavy (non-hydrogen) atoms. The Hall–Kier alpha value is -8.48. The van der Waals surface area contributed by atoms with Crippen LogP contribution in [0.4, 0.5) is 0 Å². The molecule has 0 saturated heterocycles. The molecule has 0 saturated carbocycles. The number of aliphatic carboxylic acids is 2. The molecule has 1 aromatic carbocycles. The summed E-state index contributed by atoms with van der Waals surface area (Å²) in [5.74, 6) is -13.9. The van der Waals surface area contributed by atoms with E-state index in [2.05, 4.69) is 58.2 Å². The topological polar surface area (TPSA) is 519 Å². The highest BCUT2D eigenvalue weighted by Crippen LogP contribution is 2.11. The molecule has 0 aromatic heterocycles. The quantitative estimate of drug-likeness (QED) is 0.0168. The minimum absolute atomic E-state index is 0.0458. The predicted molar refractivity (Wildman–Crippen MR) is 299 cm³/mol. The molecule has 1 aromatic rings. The molecule has 0 heterocycles. The minimum atomic E-state index is -1.98. The zero-order valence-corrected chi connectivity index (χ0v) is 48.2. The number of benzene rings is 1. The zero-order chi connectivity index (χ0) is 63.4. The molecule has 0 bridgehead atoms. The Morgan fingerprint density at radius 1 is 0.482 bits per heavy atom. The summed E-state index contributed by atoms with van der Waals surface area (Å²) in [6.07, 6.45) is -3.75. The second-order valence-corrected chi connectivity index (χ2v) is 20.9. The maximum atomic E-state index is 14.1. The fourth-order valence-electron chi connectivity index (χ4n) is 7.72. The van der Waals surface area contributed by atoms with E-state index in [1.165, 1.54) is 27.7 Å². The number of nitrogens with two attached hydrogens (primary N) is 4. The Morgan fingerprint density at radius 2 is 0.904 bits per heavy atom. The number of primary amides is 1. The van der Waals surface area contributed by atoms with Crippen molar-refractivity contribution in [2.45, 2.75) is 186 Å². The van der Waals surface area contributed by atoms with Gasteiger partial charge in [-0.2, -0.15) is 0 Å². The summed E-state index contributed by atoms with van der Waals surface area (Å²) in [5, 5.41) is 53.8. The second kappa shape index (κ2) is 36.1. The number of carboxylic acid groups (broad SMARTS) is 2. The van der Waals surface area contributed by atoms with Crippen LogP contribution in [0.1, 0.15) is 113 Å². The summed E-state index contributed by atoms with van der Waals surface area (Å²) in [7, 11) is 0. The van der Waals surface area contributed by atoms with Crippen LogP contribution in [0.3, 0.4) is 0 Å². The van der Waals surface area contributed by atoms with Gasteiger partial charge in [0, 0.05) is 19.4 Å². The highest BCUT2D eigenvalue weighted by atomic mass is 16.4. The lowest BCUT2D eigenvalue weighted by Crippen LogP contribution is -2.62. The van der Waals surface area contributed by atoms with Gasteiger partial charge in [-0.25, -0.2) is 4.79 Å². The van der Waals surface area contributed by atoms with Gasteiger partial charge in [-0.3, -0.25) is 62.5 Å². The number of aliphatic imine (C=N–C) groups is 1. The molecule has 21 N–H and O–H groups in total. The average Bonchev–Trinajstić information content (AvgIpc) is 3.39. The maximum Gasteiger partial charge on any atom is 0.326 e. The Balaban J connectivity index is 3.32. The average molecular weight is 1180 g/mol. The van der Waals surface area contributed by atoms with Gasteiger partial charge >= 0.3 is 11.9 Å². The van der Waals surface area contributed by atoms with Crippen molar-refractivity contribution < 1.29 is 77.6 Å². The number of aliphatic hydroxyl groups excluding tert-OH is 1. The van der Waals surface area contributed by atoms with E-state index in [1.807, 2.05) is 13.8 Å². The largest absolute Gasteiger partial charge is 0.481 e. The van der Waals surface area contributed by atoms with Crippen LogP contribution in [0.15, 0.2) is 35.3 Å². The van der Waals surface area contributed by atoms with Crippen molar-refractivity contribution in [3.63, 3.8) is 0 Å². The molecule has 0 radical (unpaired) electrons. The van der Waals surface area contributed by atoms with Gasteiger partial charge in [0.1, 0.15) is 60.4 Å². The normalized spacial score (nSPS) is 15.4. The smallest absolute Gasteiger partial charge is 0.326 e. The summed E-state index contributed by atoms with van der Waals surface area (Å²) in [5.41, 5.74) is 22.4. The lowest BCUT2D eigenvalue weighted by Gasteiger charge is -2.28. The maximum absolute atomic E-state index is 14.1. The van der Waals surface area contributed by atoms with E-state index in [4.69, 9.17) is 22.9 Å². The monoisotopic (exact) mass is 1180 g/mol. The Morgan fingerprint density at radius 3 is 1.37 bits per heavy atom. The Labute approximate surface area is 480 Å². The van der Waals surface area contributed by atoms with E-state index in [9.17, 15) is 77.6 Å². The van der Waals surface area contributed by atoms with Crippen LogP contribution < -0.4 is 76.1 Å². The van der Waals surface area contributed by atoms with Gasteiger partial charge in [-0.1, -0.05) is 58.0 Å². The molecule has 31 heteroatoms. The van der Waals surface area contributed by atoms with Crippen LogP contribution in [0.2, 0.25) is 0 Å². The number of aliphatic hydroxyl groups is 1. The number of hydrogen-bond donors (Lipinski definition) is 17. The second-order valence-electron chi connectivity index (χ2n) is 20.9. The molecule has 12 atom stereocenters. The van der Waals surface area contributed by atoms with Gasteiger partial charge < -0.3 is 91.4 Å². The Kier molecular flexibility index (Phi) is 31.5. The van der Waals surface area contributed by atoms with Crippen LogP contribution in [-0.4, -0.2) is 177 Å². The molecule has 464 valence electrons. The summed E-state index contributed by atoms with van der Waals surface area (Å²) in [6.45, 7) is 13.5. The van der Waals surface area contributed by atoms with Gasteiger partial charge in [-0.15, -0.1) is 0 Å². The number of guanidine groups is 1. The van der Waals surface area contributed by atoms with Crippen molar-refractivity contribution in [1.82, 2.24) is 53.2 Å². The fraction of sp³-hybridized carbons (Fsp3) is 0.615. The summed E-state index contributed by atoms with van der Waals surface area (Å²) in [4.78, 5) is 174. The van der Waals surface area contributed by atoms with Gasteiger partial charge in [-0.05, 0) is 84.1 Å². The molecule has 1 rings (SSSR count). The predicted octanol–water partition coefficient (Wildman–Crippen LogP) is -5.16. The third-order valence-corrected chi connectivity index (χ3v) is 12.3. The van der Waals surface area contributed by atoms with E-state index < -0.39 is 169 Å². The van der Waals surface area contributed by atoms with E-state index in [-0.39, 0.29) is 50.0 Å². The minimum Gasteiger partial charge on any atom is -0.481 e. The summed E-state index contributed by atoms with van der Waals surface area (Å²) >= 11 is 0. The molecule has 0 spiro atoms. The van der Waals surface area contributed by atoms with E-state index in [1.54, 1.807) is 44.2 Å². The van der Waals surface area contributed by atoms with E-state index in [0.717, 1.165) is 6.92 Å². The number of nitrogens with zero attached hydrogens (tertiary/aromatic N) is 1. The van der Waals surface area contributed by atoms with Crippen LogP contribution in [0.25, 0.3) is 0 Å². The molecule has 0 aliphatic rings. The third kappa shape index (κ3) is 28.2. The molecular formula is C52H85N15O16. The standard InChI is InChI=1S/C52H85N15O16/c1-24(2)20-32(53)45(76)60-27(6)42(73)58-26(5)41(72)59-28(7)43(74)65-37(23-38(54)69)49(80)67-40(30(9)68)50(81)62-33(17-18-39(70)71)46(77)66-36(22-31-14-11-10-12-15-31)47(78)61-29(8)44(75)64-35(21-25(3)4)48(79)63-34(51(82)83)16-13-19-57-52(55)56/h10-12,14-15,24-30,32-37,40,68H,13,16-23,53H2,1-9H3,(H2,54,69)(H,58,73)(H,59,72)(H,60,76)(H,61,78)(H,62,81)(H,63,79)(H,64,75)(H,65,74)(H,66,77)(H,67,80)(H,70,71)(H,82,83)(H4,55,56,57)/t26-,27-,28-,29-,30+,32-,33-,34-,35-,36-,37-,40-/m0/s1. The van der Waals surface area contributed by atoms with Crippen molar-refractivity contribution >= 4 is 82.9 Å². The SMILES string of the molecule is CC(C)C[C@H](NC(=O)[C@H](C)NC(=O)[C@H](Cc1ccccc1)NC(=O)[C@H](CCC(=O)O)NC(=O)[C@@H](NC(=O)[C@H](CC(N)=O)NC(=O)[C@H](C)NC(=O)[C@H](C)NC(=O)[C@H](C)NC(=O)[C@@H](N)CC(C)C)[C@@H](C)O)C(=O)N[C@@H](CCCN=C(N)N)C(=O)O. The lowest BCUT2D eigenvalue weighted by molar-refractivity contribution is -0.142. The van der Waals surface area contributed by atoms with Crippen molar-refractivity contribution in [3.05, 3.63) is 35.9 Å². The Bertz CT molecular complexity index is 2460. The number of nitrogens with one attached hydrogen (secondary N) is 10. The van der Waals surface area contributed by atoms with Gasteiger partial charge in [0.2, 0.25) is 65.0 Å². The fourth-order valence-corrected chi connectivity index (χ4v) is 7.72. The molecule has 0 aliphatic carbocycles. The third-order valence-electron chi connectivity index (χ3n) is 12.3. The molecule has 31 nitrogen and oxygen atoms in total. The first kappa shape index (κ1) is 72.5. The number of rotatable bonds is 37. The molecular weight excluding hydrogens is 1090 g/mol. The van der Waals surface area contributed by atoms with Crippen LogP contribution in [0.5, 0.6) is 0 Å². The first-order valence-corrected chi connectivity index (χ1v) is 26.9.